The Balaban J connectivity index is 1.03. The van der Waals surface area contributed by atoms with Gasteiger partial charge in [-0.3, -0.25) is 29.5 Å². The quantitative estimate of drug-likeness (QED) is 0.538. The molecule has 3 fully saturated rings. The molecule has 2 aromatic rings. The molecule has 212 valence electrons. The summed E-state index contributed by atoms with van der Waals surface area (Å²) in [5.74, 6) is -1.54. The third-order valence-corrected chi connectivity index (χ3v) is 9.55. The zero-order valence-corrected chi connectivity index (χ0v) is 23.7. The standard InChI is InChI=1S/C29H32Cl2FN5O3/c30-22-2-1-3-24(27(22)31)36-12-10-35(11-13-36)20-6-8-34(9-7-20)16-19-14-18-17-37(29(40)21(18)15-23(19)32)25-4-5-26(38)33-28(25)39/h1-3,14-15,20,25H,4-13,16-17H2,(H,33,38,39). The predicted molar refractivity (Wildman–Crippen MR) is 151 cm³/mol. The fourth-order valence-electron chi connectivity index (χ4n) is 6.51. The van der Waals surface area contributed by atoms with Gasteiger partial charge in [0.2, 0.25) is 11.8 Å². The van der Waals surface area contributed by atoms with Gasteiger partial charge in [-0.05, 0) is 62.2 Å². The number of piperidine rings is 2. The van der Waals surface area contributed by atoms with Crippen molar-refractivity contribution in [2.75, 3.05) is 44.2 Å². The summed E-state index contributed by atoms with van der Waals surface area (Å²) in [5, 5.41) is 3.49. The molecule has 0 aromatic heterocycles. The Morgan fingerprint density at radius 3 is 2.42 bits per heavy atom. The van der Waals surface area contributed by atoms with Crippen LogP contribution < -0.4 is 10.2 Å². The number of likely N-dealkylation sites (tertiary alicyclic amines) is 1. The van der Waals surface area contributed by atoms with Crippen LogP contribution in [0, 0.1) is 5.82 Å². The first-order valence-electron chi connectivity index (χ1n) is 13.9. The Kier molecular flexibility index (Phi) is 7.74. The highest BCUT2D eigenvalue weighted by molar-refractivity contribution is 6.43. The van der Waals surface area contributed by atoms with Crippen molar-refractivity contribution in [3.8, 4) is 0 Å². The molecule has 0 aliphatic carbocycles. The summed E-state index contributed by atoms with van der Waals surface area (Å²) in [7, 11) is 0. The van der Waals surface area contributed by atoms with E-state index in [0.29, 0.717) is 33.8 Å². The number of nitrogens with one attached hydrogen (secondary N) is 1. The van der Waals surface area contributed by atoms with Gasteiger partial charge in [-0.25, -0.2) is 4.39 Å². The van der Waals surface area contributed by atoms with Crippen molar-refractivity contribution in [3.63, 3.8) is 0 Å². The van der Waals surface area contributed by atoms with E-state index in [9.17, 15) is 14.4 Å². The van der Waals surface area contributed by atoms with Crippen LogP contribution in [0.4, 0.5) is 10.1 Å². The number of anilines is 1. The van der Waals surface area contributed by atoms with Gasteiger partial charge in [0, 0.05) is 62.9 Å². The normalized spacial score (nSPS) is 23.1. The van der Waals surface area contributed by atoms with Crippen molar-refractivity contribution in [1.82, 2.24) is 20.0 Å². The van der Waals surface area contributed by atoms with Gasteiger partial charge in [-0.15, -0.1) is 0 Å². The van der Waals surface area contributed by atoms with Crippen LogP contribution in [0.5, 0.6) is 0 Å². The molecule has 4 aliphatic rings. The SMILES string of the molecule is O=C1CCC(N2Cc3cc(CN4CCC(N5CCN(c6cccc(Cl)c6Cl)CC5)CC4)c(F)cc3C2=O)C(=O)N1. The molecule has 0 spiro atoms. The first-order valence-corrected chi connectivity index (χ1v) is 14.7. The Morgan fingerprint density at radius 1 is 0.950 bits per heavy atom. The molecule has 6 rings (SSSR count). The average molecular weight is 589 g/mol. The van der Waals surface area contributed by atoms with Gasteiger partial charge in [-0.2, -0.15) is 0 Å². The summed E-state index contributed by atoms with van der Waals surface area (Å²) >= 11 is 12.6. The van der Waals surface area contributed by atoms with Crippen LogP contribution in [-0.4, -0.2) is 83.8 Å². The highest BCUT2D eigenvalue weighted by Crippen LogP contribution is 2.34. The number of rotatable bonds is 5. The number of fused-ring (bicyclic) bond motifs is 1. The van der Waals surface area contributed by atoms with E-state index in [1.807, 2.05) is 18.2 Å². The molecule has 3 saturated heterocycles. The van der Waals surface area contributed by atoms with Crippen LogP contribution in [0.15, 0.2) is 30.3 Å². The van der Waals surface area contributed by atoms with E-state index in [1.165, 1.54) is 11.0 Å². The molecular formula is C29H32Cl2FN5O3. The number of imide groups is 1. The molecule has 3 amide bonds. The average Bonchev–Trinajstić information content (AvgIpc) is 3.25. The lowest BCUT2D eigenvalue weighted by Gasteiger charge is -2.43. The molecule has 40 heavy (non-hydrogen) atoms. The molecule has 11 heteroatoms. The number of hydrogen-bond donors (Lipinski definition) is 1. The monoisotopic (exact) mass is 587 g/mol. The van der Waals surface area contributed by atoms with Gasteiger partial charge in [0.05, 0.1) is 15.7 Å². The number of piperazine rings is 1. The molecule has 1 atom stereocenters. The molecule has 1 unspecified atom stereocenters. The molecule has 0 bridgehead atoms. The van der Waals surface area contributed by atoms with Crippen molar-refractivity contribution in [3.05, 3.63) is 62.9 Å². The molecule has 4 aliphatic heterocycles. The maximum atomic E-state index is 15.1. The lowest BCUT2D eigenvalue weighted by Crippen LogP contribution is -2.53. The van der Waals surface area contributed by atoms with E-state index in [1.54, 1.807) is 6.07 Å². The first kappa shape index (κ1) is 27.4. The van der Waals surface area contributed by atoms with E-state index in [2.05, 4.69) is 20.0 Å². The number of amides is 3. The van der Waals surface area contributed by atoms with Crippen LogP contribution >= 0.6 is 23.2 Å². The fourth-order valence-corrected chi connectivity index (χ4v) is 6.92. The maximum Gasteiger partial charge on any atom is 0.255 e. The van der Waals surface area contributed by atoms with E-state index in [0.717, 1.165) is 63.4 Å². The number of hydrogen-bond acceptors (Lipinski definition) is 6. The van der Waals surface area contributed by atoms with Gasteiger partial charge in [-0.1, -0.05) is 29.3 Å². The zero-order valence-electron chi connectivity index (χ0n) is 22.2. The molecule has 0 saturated carbocycles. The molecular weight excluding hydrogens is 556 g/mol. The number of carbonyl (C=O) groups excluding carboxylic acids is 3. The van der Waals surface area contributed by atoms with Gasteiger partial charge >= 0.3 is 0 Å². The van der Waals surface area contributed by atoms with Crippen molar-refractivity contribution in [1.29, 1.82) is 0 Å². The third-order valence-electron chi connectivity index (χ3n) is 8.74. The smallest absolute Gasteiger partial charge is 0.255 e. The summed E-state index contributed by atoms with van der Waals surface area (Å²) in [5.41, 5.74) is 2.60. The lowest BCUT2D eigenvalue weighted by atomic mass is 10.00. The minimum atomic E-state index is -0.701. The van der Waals surface area contributed by atoms with Crippen molar-refractivity contribution in [2.45, 2.75) is 50.9 Å². The van der Waals surface area contributed by atoms with Gasteiger partial charge in [0.15, 0.2) is 0 Å². The first-order chi connectivity index (χ1) is 19.3. The van der Waals surface area contributed by atoms with Crippen LogP contribution in [0.3, 0.4) is 0 Å². The summed E-state index contributed by atoms with van der Waals surface area (Å²) in [6.07, 6.45) is 2.52. The van der Waals surface area contributed by atoms with Gasteiger partial charge in [0.1, 0.15) is 11.9 Å². The van der Waals surface area contributed by atoms with E-state index < -0.39 is 17.8 Å². The minimum Gasteiger partial charge on any atom is -0.368 e. The predicted octanol–water partition coefficient (Wildman–Crippen LogP) is 3.68. The maximum absolute atomic E-state index is 15.1. The third kappa shape index (κ3) is 5.32. The second-order valence-corrected chi connectivity index (χ2v) is 11.9. The van der Waals surface area contributed by atoms with Gasteiger partial charge in [0.25, 0.3) is 5.91 Å². The molecule has 2 aromatic carbocycles. The Morgan fingerprint density at radius 2 is 1.70 bits per heavy atom. The number of halogens is 3. The Bertz CT molecular complexity index is 1340. The second-order valence-electron chi connectivity index (χ2n) is 11.1. The number of carbonyl (C=O) groups is 3. The van der Waals surface area contributed by atoms with Crippen LogP contribution in [-0.2, 0) is 22.7 Å². The van der Waals surface area contributed by atoms with Crippen LogP contribution in [0.25, 0.3) is 0 Å². The Hall–Kier alpha value is -2.72. The molecule has 1 N–H and O–H groups in total. The van der Waals surface area contributed by atoms with Crippen LogP contribution in [0.2, 0.25) is 10.0 Å². The fraction of sp³-hybridized carbons (Fsp3) is 0.483. The van der Waals surface area contributed by atoms with Crippen molar-refractivity contribution in [2.24, 2.45) is 0 Å². The lowest BCUT2D eigenvalue weighted by molar-refractivity contribution is -0.136. The molecule has 4 heterocycles. The number of benzene rings is 2. The molecule has 0 radical (unpaired) electrons. The number of nitrogens with zero attached hydrogens (tertiary/aromatic N) is 4. The summed E-state index contributed by atoms with van der Waals surface area (Å²) in [6.45, 7) is 6.22. The zero-order chi connectivity index (χ0) is 28.0. The summed E-state index contributed by atoms with van der Waals surface area (Å²) < 4.78 is 15.1. The molecule has 8 nitrogen and oxygen atoms in total. The minimum absolute atomic E-state index is 0.192. The summed E-state index contributed by atoms with van der Waals surface area (Å²) in [6, 6.07) is 8.65. The Labute approximate surface area is 243 Å². The summed E-state index contributed by atoms with van der Waals surface area (Å²) in [4.78, 5) is 45.4. The highest BCUT2D eigenvalue weighted by Gasteiger charge is 2.39. The largest absolute Gasteiger partial charge is 0.368 e. The van der Waals surface area contributed by atoms with Crippen LogP contribution in [0.1, 0.15) is 47.2 Å². The van der Waals surface area contributed by atoms with Gasteiger partial charge < -0.3 is 9.80 Å². The van der Waals surface area contributed by atoms with E-state index >= 15 is 4.39 Å². The topological polar surface area (TPSA) is 76.2 Å². The highest BCUT2D eigenvalue weighted by atomic mass is 35.5. The van der Waals surface area contributed by atoms with E-state index in [4.69, 9.17) is 23.2 Å². The van der Waals surface area contributed by atoms with Crippen molar-refractivity contribution < 1.29 is 18.8 Å². The second kappa shape index (κ2) is 11.3. The van der Waals surface area contributed by atoms with E-state index in [-0.39, 0.29) is 31.2 Å². The van der Waals surface area contributed by atoms with Crippen molar-refractivity contribution >= 4 is 46.6 Å².